The number of amides is 2. The lowest BCUT2D eigenvalue weighted by Gasteiger charge is -2.17. The molecule has 6 heteroatoms. The van der Waals surface area contributed by atoms with E-state index < -0.39 is 0 Å². The van der Waals surface area contributed by atoms with Gasteiger partial charge in [0.15, 0.2) is 0 Å². The van der Waals surface area contributed by atoms with Crippen LogP contribution in [0.15, 0.2) is 47.8 Å². The molecule has 0 saturated carbocycles. The number of rotatable bonds is 4. The van der Waals surface area contributed by atoms with Crippen LogP contribution in [-0.2, 0) is 22.4 Å². The van der Waals surface area contributed by atoms with Crippen molar-refractivity contribution in [1.29, 1.82) is 0 Å². The van der Waals surface area contributed by atoms with Crippen molar-refractivity contribution in [3.63, 3.8) is 0 Å². The van der Waals surface area contributed by atoms with Crippen molar-refractivity contribution >= 4 is 34.5 Å². The zero-order valence-corrected chi connectivity index (χ0v) is 15.7. The SMILES string of the molecule is Cc1ccccc1NC(=O)Cc1nc(-c2ccc3c(c2)CCC(=O)N3)cs1. The summed E-state index contributed by atoms with van der Waals surface area (Å²) in [4.78, 5) is 28.4. The van der Waals surface area contributed by atoms with E-state index in [2.05, 4.69) is 21.7 Å². The van der Waals surface area contributed by atoms with Gasteiger partial charge in [-0.05, 0) is 42.7 Å². The first-order chi connectivity index (χ1) is 13.1. The van der Waals surface area contributed by atoms with Crippen molar-refractivity contribution in [1.82, 2.24) is 4.98 Å². The van der Waals surface area contributed by atoms with E-state index >= 15 is 0 Å². The summed E-state index contributed by atoms with van der Waals surface area (Å²) in [6, 6.07) is 13.7. The molecule has 2 amide bonds. The highest BCUT2D eigenvalue weighted by Crippen LogP contribution is 2.29. The number of carbonyl (C=O) groups is 2. The van der Waals surface area contributed by atoms with Gasteiger partial charge in [-0.2, -0.15) is 0 Å². The minimum Gasteiger partial charge on any atom is -0.326 e. The van der Waals surface area contributed by atoms with Crippen molar-refractivity contribution in [2.75, 3.05) is 10.6 Å². The van der Waals surface area contributed by atoms with Crippen LogP contribution in [0.1, 0.15) is 22.6 Å². The lowest BCUT2D eigenvalue weighted by Crippen LogP contribution is -2.18. The van der Waals surface area contributed by atoms with E-state index in [1.807, 2.05) is 48.7 Å². The summed E-state index contributed by atoms with van der Waals surface area (Å²) in [6.07, 6.45) is 1.50. The maximum absolute atomic E-state index is 12.3. The molecule has 0 atom stereocenters. The van der Waals surface area contributed by atoms with Crippen LogP contribution in [0.4, 0.5) is 11.4 Å². The van der Waals surface area contributed by atoms with Gasteiger partial charge in [0.2, 0.25) is 11.8 Å². The Morgan fingerprint density at radius 2 is 2.07 bits per heavy atom. The molecule has 0 unspecified atom stereocenters. The van der Waals surface area contributed by atoms with Gasteiger partial charge in [0.05, 0.1) is 12.1 Å². The first-order valence-electron chi connectivity index (χ1n) is 8.81. The number of para-hydroxylation sites is 1. The smallest absolute Gasteiger partial charge is 0.231 e. The third-order valence-corrected chi connectivity index (χ3v) is 5.43. The van der Waals surface area contributed by atoms with Gasteiger partial charge in [-0.1, -0.05) is 24.3 Å². The molecule has 1 aliphatic heterocycles. The van der Waals surface area contributed by atoms with Gasteiger partial charge in [0, 0.05) is 28.7 Å². The second kappa shape index (κ2) is 7.32. The number of fused-ring (bicyclic) bond motifs is 1. The highest BCUT2D eigenvalue weighted by atomic mass is 32.1. The van der Waals surface area contributed by atoms with Crippen LogP contribution in [0.3, 0.4) is 0 Å². The number of anilines is 2. The molecule has 0 fully saturated rings. The fourth-order valence-corrected chi connectivity index (χ4v) is 3.91. The molecule has 0 aliphatic carbocycles. The van der Waals surface area contributed by atoms with E-state index in [1.54, 1.807) is 0 Å². The Balaban J connectivity index is 1.46. The molecule has 5 nitrogen and oxygen atoms in total. The third kappa shape index (κ3) is 3.90. The Morgan fingerprint density at radius 1 is 1.22 bits per heavy atom. The number of aryl methyl sites for hydroxylation is 2. The average molecular weight is 377 g/mol. The Kier molecular flexibility index (Phi) is 4.73. The minimum atomic E-state index is -0.0710. The quantitative estimate of drug-likeness (QED) is 0.716. The molecule has 2 N–H and O–H groups in total. The predicted molar refractivity (Wildman–Crippen MR) is 108 cm³/mol. The zero-order valence-electron chi connectivity index (χ0n) is 14.9. The fraction of sp³-hybridized carbons (Fsp3) is 0.190. The number of carbonyl (C=O) groups excluding carboxylic acids is 2. The number of thiazole rings is 1. The largest absolute Gasteiger partial charge is 0.326 e. The van der Waals surface area contributed by atoms with E-state index in [4.69, 9.17) is 0 Å². The maximum Gasteiger partial charge on any atom is 0.231 e. The van der Waals surface area contributed by atoms with Gasteiger partial charge in [0.25, 0.3) is 0 Å². The molecule has 0 radical (unpaired) electrons. The Labute approximate surface area is 161 Å². The molecule has 0 spiro atoms. The first-order valence-corrected chi connectivity index (χ1v) is 9.69. The van der Waals surface area contributed by atoms with Crippen LogP contribution in [0, 0.1) is 6.92 Å². The summed E-state index contributed by atoms with van der Waals surface area (Å²) in [5.74, 6) is -0.00999. The number of hydrogen-bond acceptors (Lipinski definition) is 4. The molecule has 1 aromatic heterocycles. The first kappa shape index (κ1) is 17.4. The summed E-state index contributed by atoms with van der Waals surface area (Å²) >= 11 is 1.48. The number of aromatic nitrogens is 1. The minimum absolute atomic E-state index is 0.0610. The van der Waals surface area contributed by atoms with E-state index in [1.165, 1.54) is 11.3 Å². The number of nitrogens with zero attached hydrogens (tertiary/aromatic N) is 1. The topological polar surface area (TPSA) is 71.1 Å². The van der Waals surface area contributed by atoms with Gasteiger partial charge in [0.1, 0.15) is 5.01 Å². The molecule has 1 aliphatic rings. The van der Waals surface area contributed by atoms with E-state index in [0.29, 0.717) is 6.42 Å². The van der Waals surface area contributed by atoms with E-state index in [-0.39, 0.29) is 18.2 Å². The van der Waals surface area contributed by atoms with Crippen molar-refractivity contribution in [3.8, 4) is 11.3 Å². The monoisotopic (exact) mass is 377 g/mol. The normalized spacial score (nSPS) is 13.0. The lowest BCUT2D eigenvalue weighted by molar-refractivity contribution is -0.116. The maximum atomic E-state index is 12.3. The van der Waals surface area contributed by atoms with Gasteiger partial charge in [-0.25, -0.2) is 4.98 Å². The molecule has 2 aromatic carbocycles. The molecular formula is C21H19N3O2S. The van der Waals surface area contributed by atoms with Crippen LogP contribution in [-0.4, -0.2) is 16.8 Å². The predicted octanol–water partition coefficient (Wildman–Crippen LogP) is 4.18. The summed E-state index contributed by atoms with van der Waals surface area (Å²) in [5.41, 5.74) is 5.73. The van der Waals surface area contributed by atoms with Gasteiger partial charge < -0.3 is 10.6 Å². The van der Waals surface area contributed by atoms with Crippen LogP contribution < -0.4 is 10.6 Å². The second-order valence-corrected chi connectivity index (χ2v) is 7.53. The molecular weight excluding hydrogens is 358 g/mol. The van der Waals surface area contributed by atoms with Gasteiger partial charge >= 0.3 is 0 Å². The summed E-state index contributed by atoms with van der Waals surface area (Å²) in [6.45, 7) is 1.97. The average Bonchev–Trinajstić information content (AvgIpc) is 3.11. The molecule has 2 heterocycles. The Bertz CT molecular complexity index is 1030. The standard InChI is InChI=1S/C21H19N3O2S/c1-13-4-2-3-5-16(13)22-20(26)11-21-24-18(12-27-21)15-6-8-17-14(10-15)7-9-19(25)23-17/h2-6,8,10,12H,7,9,11H2,1H3,(H,22,26)(H,23,25). The highest BCUT2D eigenvalue weighted by Gasteiger charge is 2.16. The van der Waals surface area contributed by atoms with Crippen molar-refractivity contribution in [2.24, 2.45) is 0 Å². The highest BCUT2D eigenvalue weighted by molar-refractivity contribution is 7.10. The Morgan fingerprint density at radius 3 is 2.93 bits per heavy atom. The third-order valence-electron chi connectivity index (χ3n) is 4.58. The van der Waals surface area contributed by atoms with E-state index in [9.17, 15) is 9.59 Å². The summed E-state index contributed by atoms with van der Waals surface area (Å²) < 4.78 is 0. The van der Waals surface area contributed by atoms with Gasteiger partial charge in [-0.15, -0.1) is 11.3 Å². The van der Waals surface area contributed by atoms with Crippen LogP contribution >= 0.6 is 11.3 Å². The molecule has 136 valence electrons. The molecule has 4 rings (SSSR count). The number of hydrogen-bond donors (Lipinski definition) is 2. The Hall–Kier alpha value is -2.99. The van der Waals surface area contributed by atoms with E-state index in [0.717, 1.165) is 45.2 Å². The number of benzene rings is 2. The summed E-state index contributed by atoms with van der Waals surface area (Å²) in [7, 11) is 0. The van der Waals surface area contributed by atoms with Crippen molar-refractivity contribution in [2.45, 2.75) is 26.2 Å². The molecule has 0 saturated heterocycles. The van der Waals surface area contributed by atoms with Crippen LogP contribution in [0.2, 0.25) is 0 Å². The van der Waals surface area contributed by atoms with Crippen LogP contribution in [0.25, 0.3) is 11.3 Å². The molecule has 27 heavy (non-hydrogen) atoms. The molecule has 0 bridgehead atoms. The van der Waals surface area contributed by atoms with Crippen LogP contribution in [0.5, 0.6) is 0 Å². The lowest BCUT2D eigenvalue weighted by atomic mass is 9.99. The van der Waals surface area contributed by atoms with Crippen molar-refractivity contribution < 1.29 is 9.59 Å². The zero-order chi connectivity index (χ0) is 18.8. The van der Waals surface area contributed by atoms with Gasteiger partial charge in [-0.3, -0.25) is 9.59 Å². The summed E-state index contributed by atoms with van der Waals surface area (Å²) in [5, 5.41) is 8.58. The van der Waals surface area contributed by atoms with Crippen molar-refractivity contribution in [3.05, 3.63) is 64.0 Å². The second-order valence-electron chi connectivity index (χ2n) is 6.59. The fourth-order valence-electron chi connectivity index (χ4n) is 3.11. The molecule has 3 aromatic rings. The number of nitrogens with one attached hydrogen (secondary N) is 2.